The predicted octanol–water partition coefficient (Wildman–Crippen LogP) is 1.39. The summed E-state index contributed by atoms with van der Waals surface area (Å²) in [5.74, 6) is 2.00. The van der Waals surface area contributed by atoms with Crippen LogP contribution in [-0.4, -0.2) is 18.1 Å². The van der Waals surface area contributed by atoms with Gasteiger partial charge in [-0.3, -0.25) is 4.79 Å². The fourth-order valence-corrected chi connectivity index (χ4v) is 2.68. The molecule has 1 amide bonds. The first kappa shape index (κ1) is 8.03. The topological polar surface area (TPSA) is 46.3 Å². The number of carbonyl (C=O) groups is 1. The van der Waals surface area contributed by atoms with Crippen LogP contribution < -0.4 is 4.90 Å². The van der Waals surface area contributed by atoms with Gasteiger partial charge in [-0.05, 0) is 12.3 Å². The fourth-order valence-electron chi connectivity index (χ4n) is 2.68. The molecule has 1 aromatic rings. The molecule has 2 heterocycles. The van der Waals surface area contributed by atoms with Crippen molar-refractivity contribution in [3.8, 4) is 0 Å². The molecule has 1 aromatic heterocycles. The number of hydrogen-bond donors (Lipinski definition) is 0. The van der Waals surface area contributed by atoms with Crippen molar-refractivity contribution in [3.05, 3.63) is 12.0 Å². The van der Waals surface area contributed by atoms with E-state index in [9.17, 15) is 4.79 Å². The molecule has 1 saturated carbocycles. The summed E-state index contributed by atoms with van der Waals surface area (Å²) in [5.41, 5.74) is 0.850. The molecule has 0 spiro atoms. The molecule has 4 nitrogen and oxygen atoms in total. The highest BCUT2D eigenvalue weighted by Crippen LogP contribution is 2.53. The standard InChI is InChI=1S/C10H12N2O2/c1-5-3-6-8(5)10(13)12(2)7-4-11-14-9(6)7/h4-6,8H,3H2,1-2H3/t5?,6-,8?/m1/s1. The van der Waals surface area contributed by atoms with E-state index in [-0.39, 0.29) is 17.7 Å². The molecule has 1 aliphatic carbocycles. The summed E-state index contributed by atoms with van der Waals surface area (Å²) in [6.45, 7) is 2.12. The van der Waals surface area contributed by atoms with Crippen molar-refractivity contribution in [1.82, 2.24) is 5.16 Å². The van der Waals surface area contributed by atoms with E-state index in [1.807, 2.05) is 0 Å². The SMILES string of the molecule is CC1C[C@H]2c3oncc3N(C)C(=O)C12. The Hall–Kier alpha value is -1.32. The summed E-state index contributed by atoms with van der Waals surface area (Å²) < 4.78 is 5.21. The van der Waals surface area contributed by atoms with E-state index >= 15 is 0 Å². The number of fused-ring (bicyclic) bond motifs is 3. The highest BCUT2D eigenvalue weighted by molar-refractivity contribution is 5.98. The minimum atomic E-state index is 0.125. The molecular weight excluding hydrogens is 180 g/mol. The zero-order valence-electron chi connectivity index (χ0n) is 8.23. The molecule has 4 heteroatoms. The summed E-state index contributed by atoms with van der Waals surface area (Å²) >= 11 is 0. The van der Waals surface area contributed by atoms with E-state index in [0.717, 1.165) is 17.9 Å². The minimum Gasteiger partial charge on any atom is -0.359 e. The van der Waals surface area contributed by atoms with Gasteiger partial charge in [-0.25, -0.2) is 0 Å². The van der Waals surface area contributed by atoms with Gasteiger partial charge in [0.25, 0.3) is 0 Å². The van der Waals surface area contributed by atoms with Gasteiger partial charge >= 0.3 is 0 Å². The Balaban J connectivity index is 2.11. The highest BCUT2D eigenvalue weighted by atomic mass is 16.5. The monoisotopic (exact) mass is 192 g/mol. The van der Waals surface area contributed by atoms with Crippen molar-refractivity contribution in [2.75, 3.05) is 11.9 Å². The lowest BCUT2D eigenvalue weighted by atomic mass is 9.62. The maximum Gasteiger partial charge on any atom is 0.230 e. The molecule has 0 N–H and O–H groups in total. The Bertz CT molecular complexity index is 399. The quantitative estimate of drug-likeness (QED) is 0.624. The van der Waals surface area contributed by atoms with Gasteiger partial charge in [0, 0.05) is 13.0 Å². The van der Waals surface area contributed by atoms with Crippen molar-refractivity contribution >= 4 is 11.6 Å². The summed E-state index contributed by atoms with van der Waals surface area (Å²) in [5, 5.41) is 3.76. The van der Waals surface area contributed by atoms with Crippen LogP contribution >= 0.6 is 0 Å². The lowest BCUT2D eigenvalue weighted by Gasteiger charge is -2.45. The zero-order chi connectivity index (χ0) is 9.87. The minimum absolute atomic E-state index is 0.125. The number of aromatic nitrogens is 1. The number of carbonyl (C=O) groups excluding carboxylic acids is 1. The molecular formula is C10H12N2O2. The summed E-state index contributed by atoms with van der Waals surface area (Å²) in [6.07, 6.45) is 2.68. The Morgan fingerprint density at radius 2 is 2.43 bits per heavy atom. The third-order valence-electron chi connectivity index (χ3n) is 3.56. The first-order chi connectivity index (χ1) is 6.70. The Morgan fingerprint density at radius 1 is 1.64 bits per heavy atom. The lowest BCUT2D eigenvalue weighted by Crippen LogP contribution is -2.49. The van der Waals surface area contributed by atoms with Gasteiger partial charge in [0.15, 0.2) is 5.76 Å². The second-order valence-electron chi connectivity index (χ2n) is 4.32. The Labute approximate surface area is 81.9 Å². The van der Waals surface area contributed by atoms with Crippen LogP contribution in [0.5, 0.6) is 0 Å². The number of rotatable bonds is 0. The van der Waals surface area contributed by atoms with E-state index in [4.69, 9.17) is 4.52 Å². The summed E-state index contributed by atoms with van der Waals surface area (Å²) in [6, 6.07) is 0. The Morgan fingerprint density at radius 3 is 3.14 bits per heavy atom. The molecule has 1 fully saturated rings. The number of hydrogen-bond acceptors (Lipinski definition) is 3. The average molecular weight is 192 g/mol. The molecule has 74 valence electrons. The van der Waals surface area contributed by atoms with Crippen molar-refractivity contribution in [3.63, 3.8) is 0 Å². The van der Waals surface area contributed by atoms with E-state index in [0.29, 0.717) is 5.92 Å². The van der Waals surface area contributed by atoms with Crippen molar-refractivity contribution in [2.24, 2.45) is 11.8 Å². The smallest absolute Gasteiger partial charge is 0.230 e. The molecule has 3 atom stereocenters. The molecule has 2 unspecified atom stereocenters. The molecule has 14 heavy (non-hydrogen) atoms. The van der Waals surface area contributed by atoms with Crippen LogP contribution in [0.2, 0.25) is 0 Å². The average Bonchev–Trinajstić information content (AvgIpc) is 2.59. The van der Waals surface area contributed by atoms with E-state index < -0.39 is 0 Å². The van der Waals surface area contributed by atoms with E-state index in [1.165, 1.54) is 0 Å². The molecule has 0 aromatic carbocycles. The van der Waals surface area contributed by atoms with Crippen LogP contribution in [0.25, 0.3) is 0 Å². The normalized spacial score (nSPS) is 34.9. The van der Waals surface area contributed by atoms with Crippen molar-refractivity contribution < 1.29 is 9.32 Å². The maximum atomic E-state index is 11.9. The molecule has 2 aliphatic rings. The van der Waals surface area contributed by atoms with Crippen LogP contribution in [0.3, 0.4) is 0 Å². The molecule has 0 radical (unpaired) electrons. The highest BCUT2D eigenvalue weighted by Gasteiger charge is 2.51. The van der Waals surface area contributed by atoms with Gasteiger partial charge in [-0.1, -0.05) is 12.1 Å². The molecule has 0 bridgehead atoms. The van der Waals surface area contributed by atoms with Crippen molar-refractivity contribution in [1.29, 1.82) is 0 Å². The van der Waals surface area contributed by atoms with Gasteiger partial charge in [0.2, 0.25) is 5.91 Å². The van der Waals surface area contributed by atoms with E-state index in [2.05, 4.69) is 12.1 Å². The number of amides is 1. The van der Waals surface area contributed by atoms with Gasteiger partial charge in [0.05, 0.1) is 12.1 Å². The number of anilines is 1. The third-order valence-corrected chi connectivity index (χ3v) is 3.56. The summed E-state index contributed by atoms with van der Waals surface area (Å²) in [7, 11) is 1.79. The Kier molecular flexibility index (Phi) is 1.36. The largest absolute Gasteiger partial charge is 0.359 e. The number of nitrogens with zero attached hydrogens (tertiary/aromatic N) is 2. The van der Waals surface area contributed by atoms with Crippen LogP contribution in [0.4, 0.5) is 5.69 Å². The van der Waals surface area contributed by atoms with Gasteiger partial charge in [-0.15, -0.1) is 0 Å². The molecule has 1 aliphatic heterocycles. The van der Waals surface area contributed by atoms with Crippen LogP contribution in [0.15, 0.2) is 10.7 Å². The van der Waals surface area contributed by atoms with Gasteiger partial charge in [-0.2, -0.15) is 0 Å². The van der Waals surface area contributed by atoms with Gasteiger partial charge < -0.3 is 9.42 Å². The zero-order valence-corrected chi connectivity index (χ0v) is 8.23. The maximum absolute atomic E-state index is 11.9. The lowest BCUT2D eigenvalue weighted by molar-refractivity contribution is -0.129. The van der Waals surface area contributed by atoms with Gasteiger partial charge in [0.1, 0.15) is 5.69 Å². The molecule has 3 rings (SSSR count). The third kappa shape index (κ3) is 0.744. The predicted molar refractivity (Wildman–Crippen MR) is 49.9 cm³/mol. The summed E-state index contributed by atoms with van der Waals surface area (Å²) in [4.78, 5) is 13.6. The van der Waals surface area contributed by atoms with E-state index in [1.54, 1.807) is 18.1 Å². The molecule has 0 saturated heterocycles. The fraction of sp³-hybridized carbons (Fsp3) is 0.600. The second-order valence-corrected chi connectivity index (χ2v) is 4.32. The first-order valence-electron chi connectivity index (χ1n) is 4.92. The van der Waals surface area contributed by atoms with Crippen LogP contribution in [0.1, 0.15) is 25.0 Å². The van der Waals surface area contributed by atoms with Crippen molar-refractivity contribution in [2.45, 2.75) is 19.3 Å². The second kappa shape index (κ2) is 2.38. The van der Waals surface area contributed by atoms with Crippen LogP contribution in [-0.2, 0) is 4.79 Å². The van der Waals surface area contributed by atoms with Crippen LogP contribution in [0, 0.1) is 11.8 Å². The first-order valence-corrected chi connectivity index (χ1v) is 4.92.